The van der Waals surface area contributed by atoms with Gasteiger partial charge in [-0.05, 0) is 50.4 Å². The Morgan fingerprint density at radius 1 is 1.00 bits per heavy atom. The van der Waals surface area contributed by atoms with Gasteiger partial charge < -0.3 is 14.8 Å². The summed E-state index contributed by atoms with van der Waals surface area (Å²) in [5, 5.41) is 3.46. The van der Waals surface area contributed by atoms with Gasteiger partial charge in [0.05, 0.1) is 13.2 Å². The lowest BCUT2D eigenvalue weighted by Gasteiger charge is -2.17. The first-order chi connectivity index (χ1) is 9.58. The van der Waals surface area contributed by atoms with Crippen LogP contribution in [0.2, 0.25) is 0 Å². The lowest BCUT2D eigenvalue weighted by molar-refractivity contribution is 0.287. The molecular formula is C17H29NO2. The summed E-state index contributed by atoms with van der Waals surface area (Å²) >= 11 is 0. The summed E-state index contributed by atoms with van der Waals surface area (Å²) in [5.41, 5.74) is 1.31. The summed E-state index contributed by atoms with van der Waals surface area (Å²) in [6, 6.07) is 6.83. The van der Waals surface area contributed by atoms with Crippen LogP contribution in [0.25, 0.3) is 0 Å². The van der Waals surface area contributed by atoms with Gasteiger partial charge in [-0.3, -0.25) is 0 Å². The number of hydrogen-bond acceptors (Lipinski definition) is 3. The maximum atomic E-state index is 5.68. The molecule has 1 atom stereocenters. The normalized spacial score (nSPS) is 12.5. The minimum atomic E-state index is 0.510. The monoisotopic (exact) mass is 279 g/mol. The van der Waals surface area contributed by atoms with E-state index < -0.39 is 0 Å². The summed E-state index contributed by atoms with van der Waals surface area (Å²) in [6.07, 6.45) is 1.12. The molecule has 1 aromatic carbocycles. The Kier molecular flexibility index (Phi) is 7.45. The average molecular weight is 279 g/mol. The van der Waals surface area contributed by atoms with E-state index in [1.165, 1.54) is 5.56 Å². The molecule has 1 unspecified atom stereocenters. The third kappa shape index (κ3) is 5.41. The minimum Gasteiger partial charge on any atom is -0.490 e. The zero-order chi connectivity index (χ0) is 15.0. The van der Waals surface area contributed by atoms with Crippen LogP contribution < -0.4 is 14.8 Å². The molecule has 0 fully saturated rings. The summed E-state index contributed by atoms with van der Waals surface area (Å²) in [6.45, 7) is 13.0. The van der Waals surface area contributed by atoms with Crippen molar-refractivity contribution in [3.63, 3.8) is 0 Å². The van der Waals surface area contributed by atoms with E-state index in [0.29, 0.717) is 25.2 Å². The van der Waals surface area contributed by atoms with Crippen molar-refractivity contribution in [2.24, 2.45) is 0 Å². The highest BCUT2D eigenvalue weighted by molar-refractivity contribution is 5.44. The summed E-state index contributed by atoms with van der Waals surface area (Å²) < 4.78 is 11.3. The third-order valence-electron chi connectivity index (χ3n) is 3.27. The Morgan fingerprint density at radius 3 is 2.25 bits per heavy atom. The Balaban J connectivity index is 2.71. The van der Waals surface area contributed by atoms with Crippen LogP contribution >= 0.6 is 0 Å². The van der Waals surface area contributed by atoms with Crippen LogP contribution in [0.3, 0.4) is 0 Å². The second-order valence-electron chi connectivity index (χ2n) is 5.37. The molecule has 0 saturated heterocycles. The van der Waals surface area contributed by atoms with E-state index in [1.807, 2.05) is 19.9 Å². The second-order valence-corrected chi connectivity index (χ2v) is 5.37. The van der Waals surface area contributed by atoms with E-state index in [-0.39, 0.29) is 0 Å². The van der Waals surface area contributed by atoms with Crippen molar-refractivity contribution in [3.05, 3.63) is 23.8 Å². The first kappa shape index (κ1) is 16.8. The summed E-state index contributed by atoms with van der Waals surface area (Å²) in [7, 11) is 0. The van der Waals surface area contributed by atoms with E-state index in [2.05, 4.69) is 38.2 Å². The highest BCUT2D eigenvalue weighted by Gasteiger charge is 2.11. The van der Waals surface area contributed by atoms with Gasteiger partial charge in [0.25, 0.3) is 0 Å². The molecular weight excluding hydrogens is 250 g/mol. The predicted octanol–water partition coefficient (Wildman–Crippen LogP) is 3.98. The molecule has 0 aliphatic heterocycles. The van der Waals surface area contributed by atoms with Gasteiger partial charge in [-0.1, -0.05) is 26.8 Å². The van der Waals surface area contributed by atoms with Gasteiger partial charge >= 0.3 is 0 Å². The summed E-state index contributed by atoms with van der Waals surface area (Å²) in [4.78, 5) is 0. The van der Waals surface area contributed by atoms with Gasteiger partial charge in [-0.15, -0.1) is 0 Å². The van der Waals surface area contributed by atoms with Crippen LogP contribution in [-0.4, -0.2) is 25.8 Å². The molecule has 0 saturated carbocycles. The maximum Gasteiger partial charge on any atom is 0.161 e. The molecule has 0 aliphatic carbocycles. The van der Waals surface area contributed by atoms with Gasteiger partial charge in [0, 0.05) is 6.04 Å². The third-order valence-corrected chi connectivity index (χ3v) is 3.27. The Hall–Kier alpha value is -1.22. The molecule has 0 aromatic heterocycles. The van der Waals surface area contributed by atoms with E-state index in [0.717, 1.165) is 24.5 Å². The predicted molar refractivity (Wildman–Crippen MR) is 85.0 cm³/mol. The highest BCUT2D eigenvalue weighted by atomic mass is 16.5. The smallest absolute Gasteiger partial charge is 0.161 e. The molecule has 0 aliphatic rings. The molecule has 0 radical (unpaired) electrons. The Bertz CT molecular complexity index is 391. The van der Waals surface area contributed by atoms with Crippen molar-refractivity contribution >= 4 is 0 Å². The van der Waals surface area contributed by atoms with Gasteiger partial charge in [0.1, 0.15) is 0 Å². The molecule has 3 nitrogen and oxygen atoms in total. The van der Waals surface area contributed by atoms with Crippen LogP contribution in [0.15, 0.2) is 18.2 Å². The van der Waals surface area contributed by atoms with Crippen molar-refractivity contribution in [3.8, 4) is 11.5 Å². The molecule has 3 heteroatoms. The van der Waals surface area contributed by atoms with Gasteiger partial charge in [-0.25, -0.2) is 0 Å². The molecule has 0 heterocycles. The fraction of sp³-hybridized carbons (Fsp3) is 0.647. The first-order valence-corrected chi connectivity index (χ1v) is 7.71. The van der Waals surface area contributed by atoms with Crippen LogP contribution in [0, 0.1) is 0 Å². The largest absolute Gasteiger partial charge is 0.490 e. The topological polar surface area (TPSA) is 30.5 Å². The first-order valence-electron chi connectivity index (χ1n) is 7.71. The Morgan fingerprint density at radius 2 is 1.65 bits per heavy atom. The zero-order valence-electron chi connectivity index (χ0n) is 13.5. The SMILES string of the molecule is CCOc1ccc(C(C)CCNC(C)C)cc1OCC. The van der Waals surface area contributed by atoms with Gasteiger partial charge in [0.15, 0.2) is 11.5 Å². The van der Waals surface area contributed by atoms with Crippen LogP contribution in [0.4, 0.5) is 0 Å². The van der Waals surface area contributed by atoms with E-state index in [1.54, 1.807) is 0 Å². The standard InChI is InChI=1S/C17H29NO2/c1-6-19-16-9-8-15(12-17(16)20-7-2)14(5)10-11-18-13(3)4/h8-9,12-14,18H,6-7,10-11H2,1-5H3. The van der Waals surface area contributed by atoms with Crippen molar-refractivity contribution in [2.75, 3.05) is 19.8 Å². The minimum absolute atomic E-state index is 0.510. The molecule has 1 rings (SSSR count). The van der Waals surface area contributed by atoms with Crippen molar-refractivity contribution in [1.29, 1.82) is 0 Å². The van der Waals surface area contributed by atoms with Crippen LogP contribution in [-0.2, 0) is 0 Å². The molecule has 1 N–H and O–H groups in total. The molecule has 0 amide bonds. The molecule has 114 valence electrons. The Labute approximate surface area is 123 Å². The number of hydrogen-bond donors (Lipinski definition) is 1. The maximum absolute atomic E-state index is 5.68. The fourth-order valence-corrected chi connectivity index (χ4v) is 2.13. The van der Waals surface area contributed by atoms with E-state index in [4.69, 9.17) is 9.47 Å². The number of nitrogens with one attached hydrogen (secondary N) is 1. The lowest BCUT2D eigenvalue weighted by Crippen LogP contribution is -2.24. The number of benzene rings is 1. The van der Waals surface area contributed by atoms with Gasteiger partial charge in [0.2, 0.25) is 0 Å². The lowest BCUT2D eigenvalue weighted by atomic mass is 9.97. The molecule has 0 spiro atoms. The average Bonchev–Trinajstić information content (AvgIpc) is 2.40. The molecule has 1 aromatic rings. The molecule has 0 bridgehead atoms. The van der Waals surface area contributed by atoms with Crippen LogP contribution in [0.5, 0.6) is 11.5 Å². The van der Waals surface area contributed by atoms with Gasteiger partial charge in [-0.2, -0.15) is 0 Å². The number of ether oxygens (including phenoxy) is 2. The van der Waals surface area contributed by atoms with Crippen molar-refractivity contribution < 1.29 is 9.47 Å². The fourth-order valence-electron chi connectivity index (χ4n) is 2.13. The number of rotatable bonds is 9. The van der Waals surface area contributed by atoms with Crippen LogP contribution in [0.1, 0.15) is 52.5 Å². The highest BCUT2D eigenvalue weighted by Crippen LogP contribution is 2.32. The van der Waals surface area contributed by atoms with E-state index >= 15 is 0 Å². The van der Waals surface area contributed by atoms with E-state index in [9.17, 15) is 0 Å². The van der Waals surface area contributed by atoms with Crippen molar-refractivity contribution in [2.45, 2.75) is 53.0 Å². The van der Waals surface area contributed by atoms with Crippen molar-refractivity contribution in [1.82, 2.24) is 5.32 Å². The molecule has 20 heavy (non-hydrogen) atoms. The summed E-state index contributed by atoms with van der Waals surface area (Å²) in [5.74, 6) is 2.21. The quantitative estimate of drug-likeness (QED) is 0.742. The zero-order valence-corrected chi connectivity index (χ0v) is 13.5. The second kappa shape index (κ2) is 8.85.